The monoisotopic (exact) mass is 422 g/mol. The van der Waals surface area contributed by atoms with E-state index >= 15 is 0 Å². The minimum Gasteiger partial charge on any atom is -0.443 e. The number of nitrogens with one attached hydrogen (secondary N) is 1. The number of aromatic nitrogens is 1. The molecule has 0 radical (unpaired) electrons. The Hall–Kier alpha value is -2.89. The van der Waals surface area contributed by atoms with E-state index in [0.717, 1.165) is 16.0 Å². The summed E-state index contributed by atoms with van der Waals surface area (Å²) in [7, 11) is 0. The molecule has 0 saturated heterocycles. The van der Waals surface area contributed by atoms with E-state index in [1.807, 2.05) is 60.0 Å². The highest BCUT2D eigenvalue weighted by atomic mass is 35.5. The summed E-state index contributed by atoms with van der Waals surface area (Å²) < 4.78 is 5.67. The third-order valence-electron chi connectivity index (χ3n) is 4.48. The van der Waals surface area contributed by atoms with E-state index in [-0.39, 0.29) is 18.4 Å². The predicted molar refractivity (Wildman–Crippen MR) is 116 cm³/mol. The molecule has 6 heteroatoms. The number of hydrogen-bond acceptors (Lipinski definition) is 4. The van der Waals surface area contributed by atoms with Crippen molar-refractivity contribution in [2.24, 2.45) is 0 Å². The van der Waals surface area contributed by atoms with Gasteiger partial charge in [-0.15, -0.1) is 11.3 Å². The Bertz CT molecular complexity index is 1080. The van der Waals surface area contributed by atoms with E-state index in [4.69, 9.17) is 16.0 Å². The number of hydrogen-bond donors (Lipinski definition) is 1. The average Bonchev–Trinajstić information content (AvgIpc) is 3.40. The molecule has 1 atom stereocenters. The van der Waals surface area contributed by atoms with Crippen LogP contribution in [0.15, 0.2) is 82.8 Å². The van der Waals surface area contributed by atoms with Gasteiger partial charge in [-0.05, 0) is 41.1 Å². The van der Waals surface area contributed by atoms with Gasteiger partial charge in [0, 0.05) is 5.02 Å². The van der Waals surface area contributed by atoms with Gasteiger partial charge in [0.1, 0.15) is 12.0 Å². The summed E-state index contributed by atoms with van der Waals surface area (Å²) in [5.41, 5.74) is 2.69. The first-order chi connectivity index (χ1) is 14.2. The zero-order chi connectivity index (χ0) is 20.1. The first-order valence-corrected chi connectivity index (χ1v) is 10.5. The van der Waals surface area contributed by atoms with Crippen LogP contribution in [0.25, 0.3) is 10.8 Å². The van der Waals surface area contributed by atoms with Crippen molar-refractivity contribution in [3.8, 4) is 10.8 Å². The van der Waals surface area contributed by atoms with E-state index in [2.05, 4.69) is 10.3 Å². The van der Waals surface area contributed by atoms with Gasteiger partial charge in [-0.25, -0.2) is 4.98 Å². The highest BCUT2D eigenvalue weighted by Gasteiger charge is 2.20. The maximum Gasteiger partial charge on any atom is 0.236 e. The molecular weight excluding hydrogens is 404 g/mol. The summed E-state index contributed by atoms with van der Waals surface area (Å²) in [4.78, 5) is 18.3. The first kappa shape index (κ1) is 19.4. The highest BCUT2D eigenvalue weighted by molar-refractivity contribution is 7.13. The number of carbonyl (C=O) groups excluding carboxylic acids is 1. The third kappa shape index (κ3) is 5.13. The van der Waals surface area contributed by atoms with E-state index in [1.54, 1.807) is 29.7 Å². The van der Waals surface area contributed by atoms with Crippen molar-refractivity contribution < 1.29 is 9.21 Å². The Kier molecular flexibility index (Phi) is 6.08. The van der Waals surface area contributed by atoms with Crippen molar-refractivity contribution in [3.63, 3.8) is 0 Å². The van der Waals surface area contributed by atoms with E-state index in [0.29, 0.717) is 23.0 Å². The molecule has 146 valence electrons. The molecule has 0 unspecified atom stereocenters. The molecule has 0 aliphatic heterocycles. The summed E-state index contributed by atoms with van der Waals surface area (Å²) in [5, 5.41) is 5.71. The number of halogens is 1. The molecule has 4 nitrogen and oxygen atoms in total. The number of oxazole rings is 1. The quantitative estimate of drug-likeness (QED) is 0.415. The second-order valence-corrected chi connectivity index (χ2v) is 8.06. The second-order valence-electron chi connectivity index (χ2n) is 6.67. The fourth-order valence-electron chi connectivity index (χ4n) is 3.12. The van der Waals surface area contributed by atoms with Crippen LogP contribution in [-0.4, -0.2) is 10.9 Å². The minimum absolute atomic E-state index is 0.0890. The molecular formula is C23H19ClN2O2S. The van der Waals surface area contributed by atoms with Crippen LogP contribution in [0.1, 0.15) is 22.9 Å². The summed E-state index contributed by atoms with van der Waals surface area (Å²) in [6.45, 7) is 0. The van der Waals surface area contributed by atoms with Gasteiger partial charge >= 0.3 is 0 Å². The van der Waals surface area contributed by atoms with Crippen LogP contribution in [0.5, 0.6) is 0 Å². The lowest BCUT2D eigenvalue weighted by molar-refractivity contribution is -0.121. The molecule has 0 aliphatic carbocycles. The number of thiophene rings is 1. The summed E-state index contributed by atoms with van der Waals surface area (Å²) in [6.07, 6.45) is 2.50. The Morgan fingerprint density at radius 1 is 1.07 bits per heavy atom. The van der Waals surface area contributed by atoms with E-state index in [9.17, 15) is 4.79 Å². The van der Waals surface area contributed by atoms with Gasteiger partial charge in [-0.1, -0.05) is 60.1 Å². The number of nitrogens with zero attached hydrogens (tertiary/aromatic N) is 1. The predicted octanol–water partition coefficient (Wildman–Crippen LogP) is 5.70. The van der Waals surface area contributed by atoms with Crippen molar-refractivity contribution in [2.75, 3.05) is 0 Å². The van der Waals surface area contributed by atoms with Crippen molar-refractivity contribution in [1.82, 2.24) is 10.3 Å². The Balaban J connectivity index is 1.54. The second kappa shape index (κ2) is 9.07. The molecule has 2 heterocycles. The topological polar surface area (TPSA) is 55.1 Å². The molecule has 0 aliphatic rings. The fraction of sp³-hybridized carbons (Fsp3) is 0.130. The average molecular weight is 423 g/mol. The first-order valence-electron chi connectivity index (χ1n) is 9.24. The molecule has 29 heavy (non-hydrogen) atoms. The normalized spacial score (nSPS) is 11.9. The molecule has 0 saturated carbocycles. The van der Waals surface area contributed by atoms with Crippen LogP contribution in [0.2, 0.25) is 5.02 Å². The molecule has 0 fully saturated rings. The fourth-order valence-corrected chi connectivity index (χ4v) is 3.98. The molecule has 0 spiro atoms. The zero-order valence-electron chi connectivity index (χ0n) is 15.5. The largest absolute Gasteiger partial charge is 0.443 e. The lowest BCUT2D eigenvalue weighted by atomic mass is 10.0. The molecule has 2 aromatic carbocycles. The summed E-state index contributed by atoms with van der Waals surface area (Å²) >= 11 is 7.60. The van der Waals surface area contributed by atoms with Crippen LogP contribution in [0.4, 0.5) is 0 Å². The Labute approximate surface area is 178 Å². The van der Waals surface area contributed by atoms with Crippen LogP contribution in [0, 0.1) is 0 Å². The number of amides is 1. The molecule has 2 aromatic heterocycles. The van der Waals surface area contributed by atoms with Crippen LogP contribution in [0.3, 0.4) is 0 Å². The van der Waals surface area contributed by atoms with Crippen molar-refractivity contribution >= 4 is 28.8 Å². The van der Waals surface area contributed by atoms with Gasteiger partial charge in [-0.3, -0.25) is 4.79 Å². The van der Waals surface area contributed by atoms with Gasteiger partial charge < -0.3 is 9.73 Å². The Morgan fingerprint density at radius 2 is 1.90 bits per heavy atom. The summed E-state index contributed by atoms with van der Waals surface area (Å²) in [5.74, 6) is 0.478. The SMILES string of the molecule is O=C(Cc1cccc(Cl)c1)N[C@@H](Cc1ccccc1)c1coc(-c2cccs2)n1. The van der Waals surface area contributed by atoms with Gasteiger partial charge in [0.2, 0.25) is 11.8 Å². The smallest absolute Gasteiger partial charge is 0.236 e. The van der Waals surface area contributed by atoms with E-state index in [1.165, 1.54) is 0 Å². The van der Waals surface area contributed by atoms with Crippen molar-refractivity contribution in [1.29, 1.82) is 0 Å². The lowest BCUT2D eigenvalue weighted by Crippen LogP contribution is -2.31. The zero-order valence-corrected chi connectivity index (χ0v) is 17.1. The number of carbonyl (C=O) groups is 1. The van der Waals surface area contributed by atoms with Crippen LogP contribution < -0.4 is 5.32 Å². The van der Waals surface area contributed by atoms with Crippen LogP contribution >= 0.6 is 22.9 Å². The number of benzene rings is 2. The lowest BCUT2D eigenvalue weighted by Gasteiger charge is -2.17. The molecule has 1 amide bonds. The summed E-state index contributed by atoms with van der Waals surface area (Å²) in [6, 6.07) is 21.0. The standard InChI is InChI=1S/C23H19ClN2O2S/c24-18-9-4-8-17(12-18)14-22(27)25-19(13-16-6-2-1-3-7-16)20-15-28-23(26-20)21-10-5-11-29-21/h1-12,15,19H,13-14H2,(H,25,27)/t19-/m0/s1. The maximum atomic E-state index is 12.7. The molecule has 0 bridgehead atoms. The van der Waals surface area contributed by atoms with Crippen molar-refractivity contribution in [3.05, 3.63) is 100 Å². The third-order valence-corrected chi connectivity index (χ3v) is 5.58. The Morgan fingerprint density at radius 3 is 2.66 bits per heavy atom. The van der Waals surface area contributed by atoms with Gasteiger partial charge in [0.05, 0.1) is 17.3 Å². The van der Waals surface area contributed by atoms with Gasteiger partial charge in [-0.2, -0.15) is 0 Å². The van der Waals surface area contributed by atoms with Crippen molar-refractivity contribution in [2.45, 2.75) is 18.9 Å². The number of rotatable bonds is 7. The van der Waals surface area contributed by atoms with Gasteiger partial charge in [0.25, 0.3) is 0 Å². The maximum absolute atomic E-state index is 12.7. The van der Waals surface area contributed by atoms with Gasteiger partial charge in [0.15, 0.2) is 0 Å². The highest BCUT2D eigenvalue weighted by Crippen LogP contribution is 2.27. The molecule has 4 aromatic rings. The molecule has 4 rings (SSSR count). The van der Waals surface area contributed by atoms with E-state index < -0.39 is 0 Å². The van der Waals surface area contributed by atoms with Crippen LogP contribution in [-0.2, 0) is 17.6 Å². The minimum atomic E-state index is -0.290. The molecule has 1 N–H and O–H groups in total.